The molecule has 2 aliphatic carbocycles. The molecular formula is C18H26N2O. The lowest BCUT2D eigenvalue weighted by molar-refractivity contribution is 0.0880. The number of rotatable bonds is 6. The Kier molecular flexibility index (Phi) is 3.52. The maximum Gasteiger partial charge on any atom is 0.0800 e. The Morgan fingerprint density at radius 1 is 1.14 bits per heavy atom. The van der Waals surface area contributed by atoms with E-state index in [9.17, 15) is 5.11 Å². The number of nitrogens with zero attached hydrogens (tertiary/aromatic N) is 1. The van der Waals surface area contributed by atoms with E-state index in [1.807, 2.05) is 0 Å². The summed E-state index contributed by atoms with van der Waals surface area (Å²) in [6.07, 6.45) is 6.64. The molecule has 1 heterocycles. The van der Waals surface area contributed by atoms with E-state index in [-0.39, 0.29) is 12.1 Å². The minimum atomic E-state index is -0.285. The quantitative estimate of drug-likeness (QED) is 0.841. The zero-order chi connectivity index (χ0) is 14.3. The molecule has 0 radical (unpaired) electrons. The number of likely N-dealkylation sites (tertiary alicyclic amines) is 1. The molecule has 0 aromatic heterocycles. The van der Waals surface area contributed by atoms with Crippen molar-refractivity contribution in [1.29, 1.82) is 0 Å². The summed E-state index contributed by atoms with van der Waals surface area (Å²) >= 11 is 0. The maximum atomic E-state index is 10.2. The molecule has 2 saturated carbocycles. The molecule has 4 rings (SSSR count). The highest BCUT2D eigenvalue weighted by atomic mass is 16.3. The molecule has 0 spiro atoms. The van der Waals surface area contributed by atoms with E-state index in [2.05, 4.69) is 40.5 Å². The summed E-state index contributed by atoms with van der Waals surface area (Å²) in [5.41, 5.74) is 0.953. The second-order valence-corrected chi connectivity index (χ2v) is 7.29. The highest BCUT2D eigenvalue weighted by molar-refractivity contribution is 5.26. The van der Waals surface area contributed by atoms with Gasteiger partial charge in [-0.25, -0.2) is 0 Å². The van der Waals surface area contributed by atoms with Crippen LogP contribution in [0, 0.1) is 5.92 Å². The van der Waals surface area contributed by atoms with Crippen LogP contribution in [0.15, 0.2) is 30.3 Å². The second-order valence-electron chi connectivity index (χ2n) is 7.29. The van der Waals surface area contributed by atoms with Gasteiger partial charge in [0.15, 0.2) is 0 Å². The van der Waals surface area contributed by atoms with Crippen molar-refractivity contribution in [3.05, 3.63) is 35.9 Å². The Morgan fingerprint density at radius 2 is 1.95 bits per heavy atom. The first-order valence-electron chi connectivity index (χ1n) is 8.47. The predicted octanol–water partition coefficient (Wildman–Crippen LogP) is 2.11. The zero-order valence-electron chi connectivity index (χ0n) is 12.7. The summed E-state index contributed by atoms with van der Waals surface area (Å²) in [7, 11) is 0. The third-order valence-electron chi connectivity index (χ3n) is 5.65. The van der Waals surface area contributed by atoms with Gasteiger partial charge in [-0.05, 0) is 43.6 Å². The Labute approximate surface area is 127 Å². The third-order valence-corrected chi connectivity index (χ3v) is 5.65. The minimum Gasteiger partial charge on any atom is -0.394 e. The van der Waals surface area contributed by atoms with Gasteiger partial charge in [-0.2, -0.15) is 0 Å². The molecule has 1 aromatic carbocycles. The summed E-state index contributed by atoms with van der Waals surface area (Å²) in [5, 5.41) is 14.0. The first-order chi connectivity index (χ1) is 10.3. The third kappa shape index (κ3) is 2.63. The van der Waals surface area contributed by atoms with Crippen LogP contribution in [0.4, 0.5) is 0 Å². The van der Waals surface area contributed by atoms with Crippen molar-refractivity contribution in [1.82, 2.24) is 10.2 Å². The number of fused-ring (bicyclic) bond motifs is 2. The molecule has 3 nitrogen and oxygen atoms in total. The fraction of sp³-hybridized carbons (Fsp3) is 0.667. The van der Waals surface area contributed by atoms with Crippen molar-refractivity contribution in [2.45, 2.75) is 49.7 Å². The molecule has 0 amide bonds. The molecule has 3 atom stereocenters. The number of hydrogen-bond donors (Lipinski definition) is 2. The summed E-state index contributed by atoms with van der Waals surface area (Å²) in [6.45, 7) is 2.36. The monoisotopic (exact) mass is 286 g/mol. The topological polar surface area (TPSA) is 35.5 Å². The van der Waals surface area contributed by atoms with Gasteiger partial charge in [0.2, 0.25) is 0 Å². The smallest absolute Gasteiger partial charge is 0.0800 e. The minimum absolute atomic E-state index is 0.182. The van der Waals surface area contributed by atoms with Crippen LogP contribution in [0.25, 0.3) is 0 Å². The van der Waals surface area contributed by atoms with Crippen LogP contribution in [0.5, 0.6) is 0 Å². The van der Waals surface area contributed by atoms with E-state index in [0.717, 1.165) is 18.5 Å². The molecule has 3 aliphatic rings. The number of benzene rings is 1. The second kappa shape index (κ2) is 5.38. The van der Waals surface area contributed by atoms with Crippen molar-refractivity contribution in [3.63, 3.8) is 0 Å². The Bertz CT molecular complexity index is 487. The predicted molar refractivity (Wildman–Crippen MR) is 84.1 cm³/mol. The molecular weight excluding hydrogens is 260 g/mol. The number of piperidine rings is 1. The van der Waals surface area contributed by atoms with E-state index < -0.39 is 0 Å². The fourth-order valence-corrected chi connectivity index (χ4v) is 4.35. The summed E-state index contributed by atoms with van der Waals surface area (Å²) in [6, 6.07) is 11.9. The SMILES string of the molecule is OCC(CN1CC2CCC1C2)(NC1CC1)c1ccccc1. The lowest BCUT2D eigenvalue weighted by Gasteiger charge is -2.40. The van der Waals surface area contributed by atoms with E-state index in [1.165, 1.54) is 44.2 Å². The molecule has 1 aromatic rings. The fourth-order valence-electron chi connectivity index (χ4n) is 4.35. The van der Waals surface area contributed by atoms with Crippen LogP contribution in [-0.2, 0) is 5.54 Å². The summed E-state index contributed by atoms with van der Waals surface area (Å²) < 4.78 is 0. The van der Waals surface area contributed by atoms with Crippen LogP contribution in [-0.4, -0.2) is 41.8 Å². The van der Waals surface area contributed by atoms with E-state index in [0.29, 0.717) is 6.04 Å². The van der Waals surface area contributed by atoms with Crippen molar-refractivity contribution >= 4 is 0 Å². The summed E-state index contributed by atoms with van der Waals surface area (Å²) in [4.78, 5) is 2.63. The Hall–Kier alpha value is -0.900. The van der Waals surface area contributed by atoms with E-state index in [1.54, 1.807) is 0 Å². The number of aliphatic hydroxyl groups excluding tert-OH is 1. The number of aliphatic hydroxyl groups is 1. The van der Waals surface area contributed by atoms with Crippen LogP contribution in [0.2, 0.25) is 0 Å². The lowest BCUT2D eigenvalue weighted by atomic mass is 9.89. The number of nitrogens with one attached hydrogen (secondary N) is 1. The van der Waals surface area contributed by atoms with Gasteiger partial charge in [0, 0.05) is 25.2 Å². The zero-order valence-corrected chi connectivity index (χ0v) is 12.7. The lowest BCUT2D eigenvalue weighted by Crippen LogP contribution is -2.55. The van der Waals surface area contributed by atoms with E-state index in [4.69, 9.17) is 0 Å². The molecule has 3 fully saturated rings. The van der Waals surface area contributed by atoms with Gasteiger partial charge < -0.3 is 10.4 Å². The largest absolute Gasteiger partial charge is 0.394 e. The highest BCUT2D eigenvalue weighted by Gasteiger charge is 2.44. The van der Waals surface area contributed by atoms with Crippen molar-refractivity contribution in [2.75, 3.05) is 19.7 Å². The Balaban J connectivity index is 1.59. The molecule has 2 bridgehead atoms. The van der Waals surface area contributed by atoms with Crippen LogP contribution in [0.3, 0.4) is 0 Å². The van der Waals surface area contributed by atoms with Gasteiger partial charge in [0.1, 0.15) is 0 Å². The molecule has 3 heteroatoms. The maximum absolute atomic E-state index is 10.2. The van der Waals surface area contributed by atoms with Crippen molar-refractivity contribution < 1.29 is 5.11 Å². The summed E-state index contributed by atoms with van der Waals surface area (Å²) in [5.74, 6) is 0.906. The normalized spacial score (nSPS) is 31.5. The van der Waals surface area contributed by atoms with Crippen LogP contribution in [0.1, 0.15) is 37.7 Å². The van der Waals surface area contributed by atoms with Gasteiger partial charge in [0.25, 0.3) is 0 Å². The van der Waals surface area contributed by atoms with Crippen LogP contribution >= 0.6 is 0 Å². The van der Waals surface area contributed by atoms with Gasteiger partial charge in [0.05, 0.1) is 12.1 Å². The first kappa shape index (κ1) is 13.7. The number of hydrogen-bond acceptors (Lipinski definition) is 3. The standard InChI is InChI=1S/C18H26N2O/c21-13-18(19-16-7-8-16,15-4-2-1-3-5-15)12-20-11-14-6-9-17(20)10-14/h1-5,14,16-17,19,21H,6-13H2. The van der Waals surface area contributed by atoms with Gasteiger partial charge >= 0.3 is 0 Å². The highest BCUT2D eigenvalue weighted by Crippen LogP contribution is 2.39. The molecule has 21 heavy (non-hydrogen) atoms. The Morgan fingerprint density at radius 3 is 2.52 bits per heavy atom. The van der Waals surface area contributed by atoms with E-state index >= 15 is 0 Å². The molecule has 2 N–H and O–H groups in total. The van der Waals surface area contributed by atoms with Crippen molar-refractivity contribution in [3.8, 4) is 0 Å². The van der Waals surface area contributed by atoms with Gasteiger partial charge in [-0.3, -0.25) is 4.90 Å². The molecule has 114 valence electrons. The van der Waals surface area contributed by atoms with Crippen molar-refractivity contribution in [2.24, 2.45) is 5.92 Å². The van der Waals surface area contributed by atoms with Gasteiger partial charge in [-0.1, -0.05) is 30.3 Å². The first-order valence-corrected chi connectivity index (χ1v) is 8.47. The molecule has 3 unspecified atom stereocenters. The van der Waals surface area contributed by atoms with Gasteiger partial charge in [-0.15, -0.1) is 0 Å². The average Bonchev–Trinajstić information content (AvgIpc) is 3.09. The average molecular weight is 286 g/mol. The molecule has 1 aliphatic heterocycles. The van der Waals surface area contributed by atoms with Crippen LogP contribution < -0.4 is 5.32 Å². The molecule has 1 saturated heterocycles.